The van der Waals surface area contributed by atoms with E-state index >= 15 is 0 Å². The Morgan fingerprint density at radius 2 is 2.00 bits per heavy atom. The van der Waals surface area contributed by atoms with Crippen molar-refractivity contribution in [1.29, 1.82) is 0 Å². The summed E-state index contributed by atoms with van der Waals surface area (Å²) < 4.78 is 78.8. The molecule has 11 heteroatoms. The molecule has 2 aliphatic rings. The lowest BCUT2D eigenvalue weighted by molar-refractivity contribution is -0.157. The van der Waals surface area contributed by atoms with E-state index in [1.165, 1.54) is 0 Å². The van der Waals surface area contributed by atoms with Crippen LogP contribution in [0.15, 0.2) is 24.3 Å². The van der Waals surface area contributed by atoms with Gasteiger partial charge in [0.05, 0.1) is 25.0 Å². The van der Waals surface area contributed by atoms with Gasteiger partial charge in [-0.3, -0.25) is 9.69 Å². The Bertz CT molecular complexity index is 1070. The molecule has 0 spiro atoms. The number of rotatable bonds is 4. The van der Waals surface area contributed by atoms with E-state index in [0.717, 1.165) is 0 Å². The third-order valence-corrected chi connectivity index (χ3v) is 6.07. The number of nitrogens with one attached hydrogen (secondary N) is 2. The van der Waals surface area contributed by atoms with Crippen molar-refractivity contribution in [2.24, 2.45) is 5.92 Å². The highest BCUT2D eigenvalue weighted by molar-refractivity contribution is 5.99. The fraction of sp³-hybridized carbons (Fsp3) is 0.476. The standard InChI is InChI=1S/C21H21F6N3O2/c1-30-8-11(28-19(32)10(9-31)7-20(22,23)24)5-13-12-3-2-4-15-17(12)14(6-16(13)30)18(29-15)21(25,26)27/h2-5,10-11,16,29,31H,6-9H2,1H3,(H,28,32)/t10?,11?,16-/m1/s1. The van der Waals surface area contributed by atoms with Crippen molar-refractivity contribution in [2.75, 3.05) is 20.2 Å². The lowest BCUT2D eigenvalue weighted by atomic mass is 9.80. The minimum Gasteiger partial charge on any atom is -0.396 e. The second-order valence-electron chi connectivity index (χ2n) is 8.30. The van der Waals surface area contributed by atoms with E-state index in [1.807, 2.05) is 0 Å². The first-order chi connectivity index (χ1) is 14.9. The molecule has 0 bridgehead atoms. The van der Waals surface area contributed by atoms with Crippen LogP contribution in [0.2, 0.25) is 0 Å². The Kier molecular flexibility index (Phi) is 5.52. The number of likely N-dealkylation sites (N-methyl/N-ethyl adjacent to an activating group) is 1. The first-order valence-corrected chi connectivity index (χ1v) is 10.00. The van der Waals surface area contributed by atoms with Crippen LogP contribution in [0.25, 0.3) is 16.5 Å². The van der Waals surface area contributed by atoms with E-state index < -0.39 is 48.9 Å². The van der Waals surface area contributed by atoms with E-state index in [2.05, 4.69) is 10.3 Å². The molecule has 1 aromatic carbocycles. The summed E-state index contributed by atoms with van der Waals surface area (Å²) in [6, 6.07) is 3.87. The molecule has 2 unspecified atom stereocenters. The van der Waals surface area contributed by atoms with Crippen LogP contribution in [-0.2, 0) is 17.4 Å². The minimum atomic E-state index is -4.60. The Morgan fingerprint density at radius 3 is 2.62 bits per heavy atom. The van der Waals surface area contributed by atoms with Crippen LogP contribution in [0.3, 0.4) is 0 Å². The number of benzene rings is 1. The summed E-state index contributed by atoms with van der Waals surface area (Å²) in [5.41, 5.74) is 1.07. The number of nitrogens with zero attached hydrogens (tertiary/aromatic N) is 1. The van der Waals surface area contributed by atoms with Gasteiger partial charge in [-0.25, -0.2) is 0 Å². The lowest BCUT2D eigenvalue weighted by Crippen LogP contribution is -2.51. The number of aliphatic hydroxyl groups excluding tert-OH is 1. The van der Waals surface area contributed by atoms with Gasteiger partial charge in [-0.2, -0.15) is 26.3 Å². The van der Waals surface area contributed by atoms with Crippen molar-refractivity contribution in [3.8, 4) is 0 Å². The molecule has 0 saturated heterocycles. The molecule has 0 fully saturated rings. The normalized spacial score (nSPS) is 22.4. The number of hydrogen-bond donors (Lipinski definition) is 3. The molecule has 2 heterocycles. The number of amides is 1. The summed E-state index contributed by atoms with van der Waals surface area (Å²) in [4.78, 5) is 16.6. The number of hydrogen-bond acceptors (Lipinski definition) is 3. The number of alkyl halides is 6. The Balaban J connectivity index is 1.69. The smallest absolute Gasteiger partial charge is 0.396 e. The Hall–Kier alpha value is -2.53. The van der Waals surface area contributed by atoms with Gasteiger partial charge in [-0.15, -0.1) is 0 Å². The summed E-state index contributed by atoms with van der Waals surface area (Å²) >= 11 is 0. The van der Waals surface area contributed by atoms with Crippen molar-refractivity contribution in [3.05, 3.63) is 41.1 Å². The predicted molar refractivity (Wildman–Crippen MR) is 105 cm³/mol. The number of carbonyl (C=O) groups excluding carboxylic acids is 1. The average molecular weight is 461 g/mol. The molecule has 174 valence electrons. The summed E-state index contributed by atoms with van der Waals surface area (Å²) in [7, 11) is 1.70. The monoisotopic (exact) mass is 461 g/mol. The van der Waals surface area contributed by atoms with E-state index in [9.17, 15) is 36.2 Å². The van der Waals surface area contributed by atoms with Gasteiger partial charge in [0.25, 0.3) is 0 Å². The van der Waals surface area contributed by atoms with Crippen LogP contribution in [0, 0.1) is 5.92 Å². The van der Waals surface area contributed by atoms with E-state index in [1.54, 1.807) is 36.2 Å². The van der Waals surface area contributed by atoms with Crippen LogP contribution >= 0.6 is 0 Å². The fourth-order valence-electron chi connectivity index (χ4n) is 4.69. The van der Waals surface area contributed by atoms with Gasteiger partial charge < -0.3 is 15.4 Å². The topological polar surface area (TPSA) is 68.4 Å². The van der Waals surface area contributed by atoms with Crippen molar-refractivity contribution in [2.45, 2.75) is 37.3 Å². The molecule has 1 aromatic heterocycles. The second-order valence-corrected chi connectivity index (χ2v) is 8.30. The average Bonchev–Trinajstić information content (AvgIpc) is 3.07. The molecule has 2 aromatic rings. The largest absolute Gasteiger partial charge is 0.431 e. The van der Waals surface area contributed by atoms with Gasteiger partial charge in [0.1, 0.15) is 5.69 Å². The van der Waals surface area contributed by atoms with Crippen molar-refractivity contribution >= 4 is 22.4 Å². The number of fused-ring (bicyclic) bond motifs is 2. The maximum atomic E-state index is 13.6. The first kappa shape index (κ1) is 22.7. The van der Waals surface area contributed by atoms with Gasteiger partial charge in [0, 0.05) is 23.5 Å². The zero-order valence-electron chi connectivity index (χ0n) is 16.9. The minimum absolute atomic E-state index is 0.113. The molecule has 0 radical (unpaired) electrons. The number of halogens is 6. The van der Waals surface area contributed by atoms with Crippen molar-refractivity contribution < 1.29 is 36.2 Å². The molecule has 32 heavy (non-hydrogen) atoms. The molecule has 1 amide bonds. The quantitative estimate of drug-likeness (QED) is 0.611. The van der Waals surface area contributed by atoms with Gasteiger partial charge in [-0.1, -0.05) is 18.2 Å². The highest BCUT2D eigenvalue weighted by Gasteiger charge is 2.42. The Morgan fingerprint density at radius 1 is 1.28 bits per heavy atom. The fourth-order valence-corrected chi connectivity index (χ4v) is 4.69. The third kappa shape index (κ3) is 4.11. The number of H-pyrrole nitrogens is 1. The van der Waals surface area contributed by atoms with Crippen LogP contribution in [0.5, 0.6) is 0 Å². The highest BCUT2D eigenvalue weighted by Crippen LogP contribution is 2.45. The van der Waals surface area contributed by atoms with Crippen LogP contribution in [0.1, 0.15) is 23.2 Å². The molecule has 3 atom stereocenters. The number of aliphatic hydroxyl groups is 1. The molecule has 0 saturated carbocycles. The van der Waals surface area contributed by atoms with Gasteiger partial charge in [-0.05, 0) is 36.2 Å². The molecule has 3 N–H and O–H groups in total. The maximum Gasteiger partial charge on any atom is 0.431 e. The summed E-state index contributed by atoms with van der Waals surface area (Å²) in [5, 5.41) is 12.2. The molecule has 5 nitrogen and oxygen atoms in total. The Labute approximate surface area is 179 Å². The highest BCUT2D eigenvalue weighted by atomic mass is 19.4. The third-order valence-electron chi connectivity index (χ3n) is 6.07. The second kappa shape index (κ2) is 7.80. The maximum absolute atomic E-state index is 13.6. The molecule has 1 aliphatic heterocycles. The van der Waals surface area contributed by atoms with E-state index in [0.29, 0.717) is 22.0 Å². The van der Waals surface area contributed by atoms with Gasteiger partial charge >= 0.3 is 12.4 Å². The summed E-state index contributed by atoms with van der Waals surface area (Å²) in [6.45, 7) is -0.736. The number of aromatic amines is 1. The molecular formula is C21H21F6N3O2. The van der Waals surface area contributed by atoms with E-state index in [-0.39, 0.29) is 24.6 Å². The summed E-state index contributed by atoms with van der Waals surface area (Å²) in [6.07, 6.45) is -8.76. The van der Waals surface area contributed by atoms with Crippen LogP contribution in [0.4, 0.5) is 26.3 Å². The summed E-state index contributed by atoms with van der Waals surface area (Å²) in [5.74, 6) is -2.55. The molecule has 4 rings (SSSR count). The molecule has 1 aliphatic carbocycles. The van der Waals surface area contributed by atoms with Crippen LogP contribution in [-0.4, -0.2) is 59.4 Å². The zero-order valence-corrected chi connectivity index (χ0v) is 16.9. The predicted octanol–water partition coefficient (Wildman–Crippen LogP) is 3.49. The zero-order chi connectivity index (χ0) is 23.4. The van der Waals surface area contributed by atoms with Gasteiger partial charge in [0.2, 0.25) is 5.91 Å². The van der Waals surface area contributed by atoms with E-state index in [4.69, 9.17) is 0 Å². The van der Waals surface area contributed by atoms with Gasteiger partial charge in [0.15, 0.2) is 0 Å². The van der Waals surface area contributed by atoms with Crippen LogP contribution < -0.4 is 5.32 Å². The number of carbonyl (C=O) groups is 1. The van der Waals surface area contributed by atoms with Crippen molar-refractivity contribution in [3.63, 3.8) is 0 Å². The SMILES string of the molecule is CN1CC(NC(=O)C(CO)CC(F)(F)F)C=C2c3cccc4[nH]c(C(F)(F)F)c(c34)C[C@H]21. The lowest BCUT2D eigenvalue weighted by Gasteiger charge is -2.40. The number of aromatic nitrogens is 1. The first-order valence-electron chi connectivity index (χ1n) is 10.00. The van der Waals surface area contributed by atoms with Crippen molar-refractivity contribution in [1.82, 2.24) is 15.2 Å². The molecular weight excluding hydrogens is 440 g/mol.